The Morgan fingerprint density at radius 1 is 1.35 bits per heavy atom. The Morgan fingerprint density at radius 2 is 2.05 bits per heavy atom. The Kier molecular flexibility index (Phi) is 5.57. The van der Waals surface area contributed by atoms with Crippen molar-refractivity contribution in [1.82, 2.24) is 20.4 Å². The summed E-state index contributed by atoms with van der Waals surface area (Å²) < 4.78 is 0. The molecule has 0 aromatic carbocycles. The van der Waals surface area contributed by atoms with Gasteiger partial charge in [-0.2, -0.15) is 0 Å². The SMILES string of the molecule is CC(CNC(=O)c1cc(Cl)nnc1Cl)N1CCCCC1. The third-order valence-electron chi connectivity index (χ3n) is 3.54. The van der Waals surface area contributed by atoms with E-state index in [0.717, 1.165) is 13.1 Å². The molecule has 0 aliphatic carbocycles. The van der Waals surface area contributed by atoms with Crippen molar-refractivity contribution in [3.05, 3.63) is 21.9 Å². The highest BCUT2D eigenvalue weighted by molar-refractivity contribution is 6.34. The minimum absolute atomic E-state index is 0.0672. The van der Waals surface area contributed by atoms with Crippen molar-refractivity contribution in [2.45, 2.75) is 32.2 Å². The summed E-state index contributed by atoms with van der Waals surface area (Å²) in [5, 5.41) is 10.3. The summed E-state index contributed by atoms with van der Waals surface area (Å²) in [6, 6.07) is 1.74. The number of likely N-dealkylation sites (tertiary alicyclic amines) is 1. The van der Waals surface area contributed by atoms with Crippen LogP contribution in [0.4, 0.5) is 0 Å². The molecule has 0 bridgehead atoms. The molecule has 1 aliphatic rings. The average Bonchev–Trinajstić information content (AvgIpc) is 2.47. The first-order valence-electron chi connectivity index (χ1n) is 6.79. The second-order valence-electron chi connectivity index (χ2n) is 5.03. The van der Waals surface area contributed by atoms with Gasteiger partial charge >= 0.3 is 0 Å². The van der Waals surface area contributed by atoms with Crippen LogP contribution in [0.5, 0.6) is 0 Å². The number of halogens is 2. The minimum Gasteiger partial charge on any atom is -0.350 e. The number of aromatic nitrogens is 2. The van der Waals surface area contributed by atoms with Crippen LogP contribution >= 0.6 is 23.2 Å². The third kappa shape index (κ3) is 4.04. The molecular weight excluding hydrogens is 299 g/mol. The van der Waals surface area contributed by atoms with Crippen LogP contribution in [0.15, 0.2) is 6.07 Å². The molecule has 110 valence electrons. The van der Waals surface area contributed by atoms with E-state index in [4.69, 9.17) is 23.2 Å². The van der Waals surface area contributed by atoms with Crippen molar-refractivity contribution in [2.75, 3.05) is 19.6 Å². The lowest BCUT2D eigenvalue weighted by Crippen LogP contribution is -2.44. The summed E-state index contributed by atoms with van der Waals surface area (Å²) in [4.78, 5) is 14.5. The van der Waals surface area contributed by atoms with E-state index in [1.807, 2.05) is 0 Å². The molecule has 7 heteroatoms. The van der Waals surface area contributed by atoms with Crippen LogP contribution in [0.3, 0.4) is 0 Å². The summed E-state index contributed by atoms with van der Waals surface area (Å²) in [5.41, 5.74) is 0.262. The number of amides is 1. The standard InChI is InChI=1S/C13H18Cl2N4O/c1-9(19-5-3-2-4-6-19)8-16-13(20)10-7-11(14)17-18-12(10)15/h7,9H,2-6,8H2,1H3,(H,16,20). The van der Waals surface area contributed by atoms with Crippen LogP contribution in [-0.2, 0) is 0 Å². The van der Waals surface area contributed by atoms with Gasteiger partial charge in [0.1, 0.15) is 0 Å². The van der Waals surface area contributed by atoms with Crippen LogP contribution < -0.4 is 5.32 Å². The molecule has 1 atom stereocenters. The first kappa shape index (κ1) is 15.5. The zero-order chi connectivity index (χ0) is 14.5. The fraction of sp³-hybridized carbons (Fsp3) is 0.615. The smallest absolute Gasteiger partial charge is 0.254 e. The second kappa shape index (κ2) is 7.20. The molecule has 5 nitrogen and oxygen atoms in total. The number of carbonyl (C=O) groups is 1. The van der Waals surface area contributed by atoms with Gasteiger partial charge in [0.25, 0.3) is 5.91 Å². The van der Waals surface area contributed by atoms with E-state index in [1.165, 1.54) is 25.3 Å². The summed E-state index contributed by atoms with van der Waals surface area (Å²) in [6.07, 6.45) is 3.76. The average molecular weight is 317 g/mol. The first-order chi connectivity index (χ1) is 9.58. The zero-order valence-electron chi connectivity index (χ0n) is 11.4. The monoisotopic (exact) mass is 316 g/mol. The van der Waals surface area contributed by atoms with Crippen LogP contribution in [0.25, 0.3) is 0 Å². The van der Waals surface area contributed by atoms with E-state index >= 15 is 0 Å². The molecule has 1 saturated heterocycles. The van der Waals surface area contributed by atoms with Crippen molar-refractivity contribution in [1.29, 1.82) is 0 Å². The fourth-order valence-corrected chi connectivity index (χ4v) is 2.66. The third-order valence-corrected chi connectivity index (χ3v) is 4.00. The number of nitrogens with zero attached hydrogens (tertiary/aromatic N) is 3. The van der Waals surface area contributed by atoms with Crippen LogP contribution in [0.1, 0.15) is 36.5 Å². The number of nitrogens with one attached hydrogen (secondary N) is 1. The highest BCUT2D eigenvalue weighted by Crippen LogP contribution is 2.15. The molecule has 0 radical (unpaired) electrons. The maximum absolute atomic E-state index is 12.1. The van der Waals surface area contributed by atoms with Gasteiger partial charge in [0.2, 0.25) is 0 Å². The van der Waals surface area contributed by atoms with E-state index in [9.17, 15) is 4.79 Å². The number of piperidine rings is 1. The second-order valence-corrected chi connectivity index (χ2v) is 5.77. The number of carbonyl (C=O) groups excluding carboxylic acids is 1. The predicted octanol–water partition coefficient (Wildman–Crippen LogP) is 2.39. The molecule has 1 amide bonds. The summed E-state index contributed by atoms with van der Waals surface area (Å²) >= 11 is 11.6. The Balaban J connectivity index is 1.89. The predicted molar refractivity (Wildman–Crippen MR) is 79.3 cm³/mol. The van der Waals surface area contributed by atoms with Gasteiger partial charge in [0.15, 0.2) is 10.3 Å². The van der Waals surface area contributed by atoms with Gasteiger partial charge in [0, 0.05) is 12.6 Å². The first-order valence-corrected chi connectivity index (χ1v) is 7.54. The van der Waals surface area contributed by atoms with E-state index in [2.05, 4.69) is 27.3 Å². The lowest BCUT2D eigenvalue weighted by atomic mass is 10.1. The topological polar surface area (TPSA) is 58.1 Å². The minimum atomic E-state index is -0.268. The van der Waals surface area contributed by atoms with Gasteiger partial charge < -0.3 is 5.32 Å². The Labute approximate surface area is 128 Å². The lowest BCUT2D eigenvalue weighted by molar-refractivity contribution is 0.0929. The highest BCUT2D eigenvalue weighted by Gasteiger charge is 2.18. The molecule has 2 rings (SSSR count). The van der Waals surface area contributed by atoms with Gasteiger partial charge in [-0.15, -0.1) is 10.2 Å². The quantitative estimate of drug-likeness (QED) is 0.926. The largest absolute Gasteiger partial charge is 0.350 e. The molecule has 1 N–H and O–H groups in total. The molecule has 1 unspecified atom stereocenters. The number of hydrogen-bond acceptors (Lipinski definition) is 4. The van der Waals surface area contributed by atoms with E-state index in [-0.39, 0.29) is 21.8 Å². The summed E-state index contributed by atoms with van der Waals surface area (Å²) in [6.45, 7) is 4.89. The van der Waals surface area contributed by atoms with E-state index in [1.54, 1.807) is 0 Å². The number of rotatable bonds is 4. The van der Waals surface area contributed by atoms with Crippen molar-refractivity contribution in [3.8, 4) is 0 Å². The van der Waals surface area contributed by atoms with Gasteiger partial charge in [-0.3, -0.25) is 9.69 Å². The lowest BCUT2D eigenvalue weighted by Gasteiger charge is -2.32. The summed E-state index contributed by atoms with van der Waals surface area (Å²) in [7, 11) is 0. The Morgan fingerprint density at radius 3 is 2.75 bits per heavy atom. The van der Waals surface area contributed by atoms with Crippen molar-refractivity contribution < 1.29 is 4.79 Å². The summed E-state index contributed by atoms with van der Waals surface area (Å²) in [5.74, 6) is -0.268. The molecule has 1 fully saturated rings. The van der Waals surface area contributed by atoms with Crippen molar-refractivity contribution >= 4 is 29.1 Å². The molecular formula is C13H18Cl2N4O. The molecule has 0 saturated carbocycles. The van der Waals surface area contributed by atoms with Gasteiger partial charge in [0.05, 0.1) is 5.56 Å². The maximum Gasteiger partial charge on any atom is 0.254 e. The van der Waals surface area contributed by atoms with E-state index in [0.29, 0.717) is 12.6 Å². The molecule has 1 aliphatic heterocycles. The van der Waals surface area contributed by atoms with Gasteiger partial charge in [-0.05, 0) is 38.9 Å². The van der Waals surface area contributed by atoms with Crippen molar-refractivity contribution in [2.24, 2.45) is 0 Å². The number of hydrogen-bond donors (Lipinski definition) is 1. The highest BCUT2D eigenvalue weighted by atomic mass is 35.5. The van der Waals surface area contributed by atoms with Crippen molar-refractivity contribution in [3.63, 3.8) is 0 Å². The normalized spacial score (nSPS) is 17.8. The fourth-order valence-electron chi connectivity index (χ4n) is 2.34. The van der Waals surface area contributed by atoms with E-state index < -0.39 is 0 Å². The van der Waals surface area contributed by atoms with Crippen LogP contribution in [0.2, 0.25) is 10.3 Å². The zero-order valence-corrected chi connectivity index (χ0v) is 12.9. The van der Waals surface area contributed by atoms with Gasteiger partial charge in [-0.1, -0.05) is 29.6 Å². The van der Waals surface area contributed by atoms with Crippen LogP contribution in [-0.4, -0.2) is 46.7 Å². The Hall–Kier alpha value is -0.910. The maximum atomic E-state index is 12.1. The van der Waals surface area contributed by atoms with Crippen LogP contribution in [0, 0.1) is 0 Å². The Bertz CT molecular complexity index is 477. The molecule has 1 aromatic heterocycles. The molecule has 1 aromatic rings. The molecule has 0 spiro atoms. The molecule has 20 heavy (non-hydrogen) atoms. The van der Waals surface area contributed by atoms with Gasteiger partial charge in [-0.25, -0.2) is 0 Å². The molecule has 2 heterocycles.